The summed E-state index contributed by atoms with van der Waals surface area (Å²) in [7, 11) is 0. The van der Waals surface area contributed by atoms with E-state index in [4.69, 9.17) is 0 Å². The van der Waals surface area contributed by atoms with Crippen molar-refractivity contribution in [2.24, 2.45) is 0 Å². The smallest absolute Gasteiger partial charge is 0.243 e. The van der Waals surface area contributed by atoms with Gasteiger partial charge < -0.3 is 10.2 Å². The molecule has 0 aliphatic carbocycles. The first-order valence-corrected chi connectivity index (χ1v) is 14.1. The molecule has 3 aromatic carbocycles. The van der Waals surface area contributed by atoms with E-state index >= 15 is 0 Å². The Morgan fingerprint density at radius 2 is 1.56 bits per heavy atom. The summed E-state index contributed by atoms with van der Waals surface area (Å²) in [5.41, 5.74) is 3.93. The maximum atomic E-state index is 13.7. The molecule has 3 rings (SSSR count). The number of nitrogens with one attached hydrogen (secondary N) is 1. The van der Waals surface area contributed by atoms with Gasteiger partial charge in [0.1, 0.15) is 6.04 Å². The summed E-state index contributed by atoms with van der Waals surface area (Å²) in [6.07, 6.45) is 0.456. The second kappa shape index (κ2) is 13.1. The molecule has 0 aliphatic rings. The minimum atomic E-state index is -0.619. The third kappa shape index (κ3) is 8.82. The van der Waals surface area contributed by atoms with Crippen LogP contribution in [0.4, 0.5) is 0 Å². The first-order valence-electron chi connectivity index (χ1n) is 12.1. The van der Waals surface area contributed by atoms with Gasteiger partial charge in [-0.3, -0.25) is 9.59 Å². The van der Waals surface area contributed by atoms with E-state index in [0.717, 1.165) is 32.5 Å². The molecule has 4 nitrogen and oxygen atoms in total. The number of halogens is 1. The van der Waals surface area contributed by atoms with E-state index in [1.54, 1.807) is 16.7 Å². The number of rotatable bonds is 10. The Morgan fingerprint density at radius 3 is 2.19 bits per heavy atom. The number of amides is 2. The third-order valence-electron chi connectivity index (χ3n) is 5.78. The molecule has 36 heavy (non-hydrogen) atoms. The summed E-state index contributed by atoms with van der Waals surface area (Å²) in [6, 6.07) is 25.5. The molecule has 1 atom stereocenters. The van der Waals surface area contributed by atoms with Crippen molar-refractivity contribution in [3.8, 4) is 0 Å². The summed E-state index contributed by atoms with van der Waals surface area (Å²) in [5.74, 6) is 0.863. The Hall–Kier alpha value is -2.57. The average Bonchev–Trinajstić information content (AvgIpc) is 2.83. The zero-order chi connectivity index (χ0) is 26.1. The van der Waals surface area contributed by atoms with E-state index in [-0.39, 0.29) is 11.8 Å². The lowest BCUT2D eigenvalue weighted by molar-refractivity contribution is -0.140. The predicted molar refractivity (Wildman–Crippen MR) is 154 cm³/mol. The van der Waals surface area contributed by atoms with Crippen molar-refractivity contribution in [2.45, 2.75) is 58.0 Å². The maximum Gasteiger partial charge on any atom is 0.243 e. The van der Waals surface area contributed by atoms with Gasteiger partial charge in [-0.25, -0.2) is 0 Å². The Bertz CT molecular complexity index is 1140. The lowest BCUT2D eigenvalue weighted by Gasteiger charge is -2.34. The summed E-state index contributed by atoms with van der Waals surface area (Å²) < 4.78 is 1.03. The zero-order valence-corrected chi connectivity index (χ0v) is 23.9. The van der Waals surface area contributed by atoms with E-state index in [9.17, 15) is 9.59 Å². The summed E-state index contributed by atoms with van der Waals surface area (Å²) >= 11 is 5.04. The molecule has 0 saturated heterocycles. The van der Waals surface area contributed by atoms with Crippen molar-refractivity contribution in [1.82, 2.24) is 10.2 Å². The Labute approximate surface area is 228 Å². The average molecular weight is 568 g/mol. The molecular formula is C30H35BrN2O2S. The van der Waals surface area contributed by atoms with Gasteiger partial charge in [-0.15, -0.1) is 11.8 Å². The Kier molecular flexibility index (Phi) is 10.2. The number of carbonyl (C=O) groups excluding carboxylic acids is 2. The van der Waals surface area contributed by atoms with Crippen LogP contribution in [0.1, 0.15) is 43.0 Å². The molecule has 2 amide bonds. The van der Waals surface area contributed by atoms with E-state index in [1.165, 1.54) is 0 Å². The van der Waals surface area contributed by atoms with Crippen LogP contribution in [0.25, 0.3) is 0 Å². The Morgan fingerprint density at radius 1 is 0.917 bits per heavy atom. The molecule has 0 radical (unpaired) electrons. The minimum absolute atomic E-state index is 0.0367. The van der Waals surface area contributed by atoms with Crippen molar-refractivity contribution in [3.05, 3.63) is 106 Å². The molecule has 0 aliphatic heterocycles. The van der Waals surface area contributed by atoms with Crippen molar-refractivity contribution >= 4 is 39.5 Å². The monoisotopic (exact) mass is 566 g/mol. The zero-order valence-electron chi connectivity index (χ0n) is 21.5. The lowest BCUT2D eigenvalue weighted by Crippen LogP contribution is -2.54. The van der Waals surface area contributed by atoms with E-state index < -0.39 is 11.6 Å². The van der Waals surface area contributed by atoms with Crippen molar-refractivity contribution < 1.29 is 9.59 Å². The number of nitrogens with zero attached hydrogens (tertiary/aromatic N) is 1. The van der Waals surface area contributed by atoms with Crippen molar-refractivity contribution in [3.63, 3.8) is 0 Å². The van der Waals surface area contributed by atoms with Crippen LogP contribution in [-0.2, 0) is 28.3 Å². The summed E-state index contributed by atoms with van der Waals surface area (Å²) in [6.45, 7) is 8.32. The lowest BCUT2D eigenvalue weighted by atomic mass is 10.00. The fourth-order valence-corrected chi connectivity index (χ4v) is 5.03. The van der Waals surface area contributed by atoms with Crippen LogP contribution in [0.3, 0.4) is 0 Å². The molecule has 1 N–H and O–H groups in total. The predicted octanol–water partition coefficient (Wildman–Crippen LogP) is 6.55. The number of benzene rings is 3. The molecule has 0 aromatic heterocycles. The first kappa shape index (κ1) is 28.0. The number of carbonyl (C=O) groups is 2. The van der Waals surface area contributed by atoms with Crippen LogP contribution in [0.2, 0.25) is 0 Å². The molecule has 0 fully saturated rings. The molecule has 0 saturated carbocycles. The molecule has 3 aromatic rings. The van der Waals surface area contributed by atoms with Crippen LogP contribution in [0.15, 0.2) is 83.3 Å². The van der Waals surface area contributed by atoms with E-state index in [1.807, 2.05) is 94.4 Å². The number of hydrogen-bond acceptors (Lipinski definition) is 3. The van der Waals surface area contributed by atoms with Crippen molar-refractivity contribution in [2.75, 3.05) is 5.75 Å². The number of hydrogen-bond donors (Lipinski definition) is 1. The topological polar surface area (TPSA) is 49.4 Å². The molecule has 6 heteroatoms. The van der Waals surface area contributed by atoms with Gasteiger partial charge in [-0.1, -0.05) is 82.7 Å². The maximum absolute atomic E-state index is 13.7. The van der Waals surface area contributed by atoms with Gasteiger partial charge in [0.05, 0.1) is 5.75 Å². The standard InChI is InChI=1S/C30H35BrN2O2S/c1-22-10-8-9-13-25(22)19-33(28(34)21-36-20-24-14-16-26(31)17-15-24)27(29(35)32-30(2,3)4)18-23-11-6-5-7-12-23/h5-17,27H,18-21H2,1-4H3,(H,32,35)/t27-/m0/s1. The highest BCUT2D eigenvalue weighted by Gasteiger charge is 2.32. The van der Waals surface area contributed by atoms with Crippen LogP contribution < -0.4 is 5.32 Å². The van der Waals surface area contributed by atoms with E-state index in [0.29, 0.717) is 18.7 Å². The van der Waals surface area contributed by atoms with Crippen LogP contribution in [-0.4, -0.2) is 34.0 Å². The van der Waals surface area contributed by atoms with Gasteiger partial charge in [-0.2, -0.15) is 0 Å². The van der Waals surface area contributed by atoms with Gasteiger partial charge >= 0.3 is 0 Å². The SMILES string of the molecule is Cc1ccccc1CN(C(=O)CSCc1ccc(Br)cc1)[C@@H](Cc1ccccc1)C(=O)NC(C)(C)C. The van der Waals surface area contributed by atoms with Crippen LogP contribution in [0.5, 0.6) is 0 Å². The molecule has 0 bridgehead atoms. The number of thioether (sulfide) groups is 1. The van der Waals surface area contributed by atoms with Gasteiger partial charge in [0.25, 0.3) is 0 Å². The largest absolute Gasteiger partial charge is 0.350 e. The van der Waals surface area contributed by atoms with Gasteiger partial charge in [-0.05, 0) is 62.1 Å². The molecule has 0 heterocycles. The van der Waals surface area contributed by atoms with Gasteiger partial charge in [0.15, 0.2) is 0 Å². The second-order valence-electron chi connectivity index (χ2n) is 10.0. The highest BCUT2D eigenvalue weighted by atomic mass is 79.9. The molecule has 0 unspecified atom stereocenters. The first-order chi connectivity index (χ1) is 17.1. The second-order valence-corrected chi connectivity index (χ2v) is 11.9. The Balaban J connectivity index is 1.87. The number of aryl methyl sites for hydroxylation is 1. The van der Waals surface area contributed by atoms with Gasteiger partial charge in [0, 0.05) is 28.7 Å². The summed E-state index contributed by atoms with van der Waals surface area (Å²) in [4.78, 5) is 29.1. The highest BCUT2D eigenvalue weighted by molar-refractivity contribution is 9.10. The van der Waals surface area contributed by atoms with Gasteiger partial charge in [0.2, 0.25) is 11.8 Å². The van der Waals surface area contributed by atoms with Crippen LogP contribution in [0, 0.1) is 6.92 Å². The molecule has 190 valence electrons. The summed E-state index contributed by atoms with van der Waals surface area (Å²) in [5, 5.41) is 3.12. The third-order valence-corrected chi connectivity index (χ3v) is 7.30. The fourth-order valence-electron chi connectivity index (χ4n) is 3.90. The molecular weight excluding hydrogens is 532 g/mol. The quantitative estimate of drug-likeness (QED) is 0.303. The minimum Gasteiger partial charge on any atom is -0.350 e. The normalized spacial score (nSPS) is 12.1. The highest BCUT2D eigenvalue weighted by Crippen LogP contribution is 2.21. The van der Waals surface area contributed by atoms with Crippen LogP contribution >= 0.6 is 27.7 Å². The molecule has 0 spiro atoms. The van der Waals surface area contributed by atoms with E-state index in [2.05, 4.69) is 33.4 Å². The van der Waals surface area contributed by atoms with Crippen molar-refractivity contribution in [1.29, 1.82) is 0 Å². The fraction of sp³-hybridized carbons (Fsp3) is 0.333.